The summed E-state index contributed by atoms with van der Waals surface area (Å²) in [7, 11) is 0. The molecule has 0 N–H and O–H groups in total. The molecule has 1 saturated heterocycles. The highest BCUT2D eigenvalue weighted by Crippen LogP contribution is 2.28. The molecule has 0 amide bonds. The van der Waals surface area contributed by atoms with Gasteiger partial charge in [0.2, 0.25) is 0 Å². The zero-order valence-corrected chi connectivity index (χ0v) is 19.7. The summed E-state index contributed by atoms with van der Waals surface area (Å²) in [5, 5.41) is 0. The summed E-state index contributed by atoms with van der Waals surface area (Å²) in [6.07, 6.45) is 23.3. The number of allylic oxidation sites excluding steroid dienone is 6. The molecule has 2 rings (SSSR count). The highest BCUT2D eigenvalue weighted by Gasteiger charge is 2.19. The summed E-state index contributed by atoms with van der Waals surface area (Å²) in [6.45, 7) is 18.2. The van der Waals surface area contributed by atoms with Crippen LogP contribution in [0.1, 0.15) is 92.8 Å². The van der Waals surface area contributed by atoms with Gasteiger partial charge in [-0.05, 0) is 82.5 Å². The molecule has 0 atom stereocenters. The Labute approximate surface area is 183 Å². The van der Waals surface area contributed by atoms with Crippen molar-refractivity contribution >= 4 is 0 Å². The van der Waals surface area contributed by atoms with E-state index >= 15 is 0 Å². The Hall–Kier alpha value is -1.30. The van der Waals surface area contributed by atoms with Crippen LogP contribution in [0.25, 0.3) is 0 Å². The average molecular weight is 400 g/mol. The fraction of sp³-hybridized carbons (Fsp3) is 0.679. The number of piperidine rings is 1. The van der Waals surface area contributed by atoms with Gasteiger partial charge in [0.25, 0.3) is 0 Å². The standard InChI is InChI=1S/C16H27N.C12H20.H2/c1-4-6-7-8-9-10-15(3)16-11-13-17(5-2)14-12-16;1-3-11(2)9-10-12-7-5-4-6-8-12;/h6-9,16H,3-5,10-14H2,1-2H3;12H,1,4-10H2,2H3;1H/b7-6-,9-8+;;. The fourth-order valence-corrected chi connectivity index (χ4v) is 4.32. The third-order valence-corrected chi connectivity index (χ3v) is 6.57. The van der Waals surface area contributed by atoms with Crippen molar-refractivity contribution in [3.05, 3.63) is 54.3 Å². The Morgan fingerprint density at radius 3 is 2.28 bits per heavy atom. The van der Waals surface area contributed by atoms with Gasteiger partial charge in [-0.2, -0.15) is 0 Å². The Morgan fingerprint density at radius 2 is 1.69 bits per heavy atom. The molecule has 0 radical (unpaired) electrons. The van der Waals surface area contributed by atoms with E-state index in [0.29, 0.717) is 0 Å². The van der Waals surface area contributed by atoms with Crippen molar-refractivity contribution in [3.8, 4) is 0 Å². The molecule has 166 valence electrons. The van der Waals surface area contributed by atoms with E-state index in [4.69, 9.17) is 0 Å². The summed E-state index contributed by atoms with van der Waals surface area (Å²) >= 11 is 0. The summed E-state index contributed by atoms with van der Waals surface area (Å²) in [4.78, 5) is 2.53. The lowest BCUT2D eigenvalue weighted by atomic mass is 9.85. The van der Waals surface area contributed by atoms with Crippen LogP contribution in [0.5, 0.6) is 0 Å². The van der Waals surface area contributed by atoms with Crippen molar-refractivity contribution in [1.29, 1.82) is 0 Å². The molecular formula is C28H49N. The Balaban J connectivity index is 0.000000573. The van der Waals surface area contributed by atoms with E-state index in [9.17, 15) is 0 Å². The van der Waals surface area contributed by atoms with E-state index in [0.717, 1.165) is 24.7 Å². The van der Waals surface area contributed by atoms with Crippen LogP contribution < -0.4 is 0 Å². The van der Waals surface area contributed by atoms with Crippen LogP contribution in [-0.4, -0.2) is 24.5 Å². The molecule has 2 aliphatic rings. The highest BCUT2D eigenvalue weighted by atomic mass is 15.1. The number of nitrogens with zero attached hydrogens (tertiary/aromatic N) is 1. The smallest absolute Gasteiger partial charge is 0 e. The summed E-state index contributed by atoms with van der Waals surface area (Å²) < 4.78 is 0. The predicted molar refractivity (Wildman–Crippen MR) is 133 cm³/mol. The fourth-order valence-electron chi connectivity index (χ4n) is 4.32. The maximum Gasteiger partial charge on any atom is 0 e. The second-order valence-electron chi connectivity index (χ2n) is 8.84. The lowest BCUT2D eigenvalue weighted by Gasteiger charge is -2.31. The molecule has 1 nitrogen and oxygen atoms in total. The van der Waals surface area contributed by atoms with E-state index in [2.05, 4.69) is 68.9 Å². The van der Waals surface area contributed by atoms with Crippen LogP contribution in [0.2, 0.25) is 0 Å². The second-order valence-corrected chi connectivity index (χ2v) is 8.84. The first-order chi connectivity index (χ1) is 14.1. The van der Waals surface area contributed by atoms with Crippen molar-refractivity contribution < 1.29 is 1.43 Å². The first kappa shape index (κ1) is 25.7. The van der Waals surface area contributed by atoms with Crippen molar-refractivity contribution in [1.82, 2.24) is 4.90 Å². The van der Waals surface area contributed by atoms with E-state index in [1.807, 2.05) is 0 Å². The van der Waals surface area contributed by atoms with Gasteiger partial charge in [-0.3, -0.25) is 0 Å². The largest absolute Gasteiger partial charge is 0.304 e. The normalized spacial score (nSPS) is 19.1. The zero-order chi connectivity index (χ0) is 21.3. The molecule has 0 aromatic rings. The van der Waals surface area contributed by atoms with E-state index in [1.165, 1.54) is 88.6 Å². The molecule has 2 fully saturated rings. The first-order valence-corrected chi connectivity index (χ1v) is 12.2. The number of likely N-dealkylation sites (tertiary alicyclic amines) is 1. The maximum absolute atomic E-state index is 4.25. The minimum Gasteiger partial charge on any atom is -0.304 e. The van der Waals surface area contributed by atoms with Gasteiger partial charge in [0.1, 0.15) is 0 Å². The third-order valence-electron chi connectivity index (χ3n) is 6.57. The van der Waals surface area contributed by atoms with E-state index < -0.39 is 0 Å². The van der Waals surface area contributed by atoms with Crippen LogP contribution in [0.3, 0.4) is 0 Å². The maximum atomic E-state index is 4.25. The van der Waals surface area contributed by atoms with Crippen molar-refractivity contribution in [2.45, 2.75) is 91.4 Å². The monoisotopic (exact) mass is 399 g/mol. The van der Waals surface area contributed by atoms with Gasteiger partial charge in [0, 0.05) is 1.43 Å². The zero-order valence-electron chi connectivity index (χ0n) is 19.7. The Morgan fingerprint density at radius 1 is 1.03 bits per heavy atom. The van der Waals surface area contributed by atoms with Gasteiger partial charge in [-0.1, -0.05) is 89.0 Å². The molecule has 1 aliphatic carbocycles. The summed E-state index contributed by atoms with van der Waals surface area (Å²) in [5.74, 6) is 1.75. The van der Waals surface area contributed by atoms with Crippen molar-refractivity contribution in [2.75, 3.05) is 19.6 Å². The number of hydrogen-bond donors (Lipinski definition) is 0. The molecule has 1 saturated carbocycles. The lowest BCUT2D eigenvalue weighted by molar-refractivity contribution is 0.207. The SMILES string of the molecule is C=C(C/C=C/C=C\CC)C1CCN(CC)CC1.C=C=C(C)CCC1CCCCC1.[HH]. The van der Waals surface area contributed by atoms with E-state index in [1.54, 1.807) is 0 Å². The molecule has 1 heterocycles. The van der Waals surface area contributed by atoms with Gasteiger partial charge in [-0.25, -0.2) is 0 Å². The molecule has 0 unspecified atom stereocenters. The minimum atomic E-state index is 0. The lowest BCUT2D eigenvalue weighted by Crippen LogP contribution is -2.33. The Kier molecular flexibility index (Phi) is 14.6. The van der Waals surface area contributed by atoms with Gasteiger partial charge in [-0.15, -0.1) is 5.73 Å². The quantitative estimate of drug-likeness (QED) is 0.213. The summed E-state index contributed by atoms with van der Waals surface area (Å²) in [5.41, 5.74) is 5.72. The second kappa shape index (κ2) is 16.5. The molecule has 0 spiro atoms. The number of rotatable bonds is 9. The van der Waals surface area contributed by atoms with Gasteiger partial charge in [0.05, 0.1) is 0 Å². The third kappa shape index (κ3) is 12.1. The van der Waals surface area contributed by atoms with E-state index in [-0.39, 0.29) is 1.43 Å². The van der Waals surface area contributed by atoms with Crippen LogP contribution in [0.15, 0.2) is 54.3 Å². The van der Waals surface area contributed by atoms with Crippen LogP contribution in [0, 0.1) is 11.8 Å². The summed E-state index contributed by atoms with van der Waals surface area (Å²) in [6, 6.07) is 0. The molecule has 29 heavy (non-hydrogen) atoms. The molecule has 1 heteroatoms. The molecule has 0 aromatic carbocycles. The van der Waals surface area contributed by atoms with Crippen LogP contribution >= 0.6 is 0 Å². The Bertz CT molecular complexity index is 539. The van der Waals surface area contributed by atoms with Gasteiger partial charge in [0.15, 0.2) is 0 Å². The van der Waals surface area contributed by atoms with Crippen molar-refractivity contribution in [2.24, 2.45) is 11.8 Å². The number of hydrogen-bond acceptors (Lipinski definition) is 1. The van der Waals surface area contributed by atoms with Gasteiger partial charge >= 0.3 is 0 Å². The highest BCUT2D eigenvalue weighted by molar-refractivity contribution is 5.11. The van der Waals surface area contributed by atoms with Crippen molar-refractivity contribution in [3.63, 3.8) is 0 Å². The minimum absolute atomic E-state index is 0. The topological polar surface area (TPSA) is 3.24 Å². The average Bonchev–Trinajstić information content (AvgIpc) is 2.78. The predicted octanol–water partition coefficient (Wildman–Crippen LogP) is 8.51. The van der Waals surface area contributed by atoms with Gasteiger partial charge < -0.3 is 4.90 Å². The van der Waals surface area contributed by atoms with Crippen LogP contribution in [-0.2, 0) is 0 Å². The molecule has 0 aromatic heterocycles. The molecule has 1 aliphatic heterocycles. The molecule has 0 bridgehead atoms. The van der Waals surface area contributed by atoms with Crippen LogP contribution in [0.4, 0.5) is 0 Å². The molecular weight excluding hydrogens is 350 g/mol. The first-order valence-electron chi connectivity index (χ1n) is 12.2.